The molecule has 1 aromatic carbocycles. The molecule has 6 nitrogen and oxygen atoms in total. The maximum absolute atomic E-state index is 12.7. The zero-order valence-corrected chi connectivity index (χ0v) is 18.3. The summed E-state index contributed by atoms with van der Waals surface area (Å²) in [5.74, 6) is 0.803. The summed E-state index contributed by atoms with van der Waals surface area (Å²) >= 11 is 4.36. The molecule has 2 aromatic rings. The van der Waals surface area contributed by atoms with Crippen molar-refractivity contribution in [2.75, 3.05) is 5.75 Å². The fourth-order valence-electron chi connectivity index (χ4n) is 3.19. The number of aromatic carboxylic acids is 1. The van der Waals surface area contributed by atoms with Crippen molar-refractivity contribution in [3.05, 3.63) is 53.1 Å². The molecular formula is C22H31N3O3S. The predicted octanol–water partition coefficient (Wildman–Crippen LogP) is 4.05. The van der Waals surface area contributed by atoms with E-state index in [2.05, 4.69) is 43.7 Å². The highest BCUT2D eigenvalue weighted by Crippen LogP contribution is 2.14. The maximum Gasteiger partial charge on any atom is 0.335 e. The number of carbonyl (C=O) groups is 2. The van der Waals surface area contributed by atoms with E-state index in [1.807, 2.05) is 4.57 Å². The van der Waals surface area contributed by atoms with Crippen LogP contribution in [0.5, 0.6) is 0 Å². The number of hydrogen-bond acceptors (Lipinski definition) is 4. The topological polar surface area (TPSA) is 84.2 Å². The van der Waals surface area contributed by atoms with Crippen LogP contribution in [0.25, 0.3) is 0 Å². The largest absolute Gasteiger partial charge is 0.478 e. The maximum atomic E-state index is 12.7. The molecule has 0 aliphatic carbocycles. The summed E-state index contributed by atoms with van der Waals surface area (Å²) in [6.07, 6.45) is 5.48. The summed E-state index contributed by atoms with van der Waals surface area (Å²) in [6, 6.07) is 6.80. The van der Waals surface area contributed by atoms with Crippen LogP contribution in [0.15, 0.2) is 30.5 Å². The van der Waals surface area contributed by atoms with Crippen molar-refractivity contribution in [3.63, 3.8) is 0 Å². The number of carboxylic acids is 1. The number of rotatable bonds is 11. The highest BCUT2D eigenvalue weighted by molar-refractivity contribution is 7.80. The average Bonchev–Trinajstić information content (AvgIpc) is 3.08. The van der Waals surface area contributed by atoms with Gasteiger partial charge in [-0.05, 0) is 36.5 Å². The molecule has 0 radical (unpaired) electrons. The molecule has 0 aliphatic rings. The van der Waals surface area contributed by atoms with E-state index in [9.17, 15) is 9.59 Å². The average molecular weight is 418 g/mol. The number of thiol groups is 1. The highest BCUT2D eigenvalue weighted by Gasteiger charge is 2.18. The number of benzene rings is 1. The Morgan fingerprint density at radius 1 is 1.24 bits per heavy atom. The van der Waals surface area contributed by atoms with E-state index >= 15 is 0 Å². The summed E-state index contributed by atoms with van der Waals surface area (Å²) in [7, 11) is 0. The van der Waals surface area contributed by atoms with E-state index in [0.717, 1.165) is 37.1 Å². The van der Waals surface area contributed by atoms with Gasteiger partial charge in [0.15, 0.2) is 0 Å². The number of aryl methyl sites for hydroxylation is 1. The molecule has 29 heavy (non-hydrogen) atoms. The number of aromatic nitrogens is 2. The Morgan fingerprint density at radius 2 is 1.93 bits per heavy atom. The molecule has 7 heteroatoms. The Bertz CT molecular complexity index is 815. The van der Waals surface area contributed by atoms with Crippen LogP contribution < -0.4 is 5.32 Å². The number of hydrogen-bond donors (Lipinski definition) is 3. The molecule has 0 bridgehead atoms. The molecule has 2 N–H and O–H groups in total. The van der Waals surface area contributed by atoms with E-state index in [-0.39, 0.29) is 17.5 Å². The van der Waals surface area contributed by atoms with Crippen LogP contribution in [0.4, 0.5) is 0 Å². The fourth-order valence-corrected chi connectivity index (χ4v) is 3.43. The van der Waals surface area contributed by atoms with Crippen LogP contribution in [-0.2, 0) is 13.0 Å². The van der Waals surface area contributed by atoms with E-state index in [1.165, 1.54) is 0 Å². The molecule has 2 rings (SSSR count). The van der Waals surface area contributed by atoms with Crippen molar-refractivity contribution < 1.29 is 14.7 Å². The van der Waals surface area contributed by atoms with Crippen LogP contribution in [0.1, 0.15) is 72.3 Å². The molecule has 158 valence electrons. The van der Waals surface area contributed by atoms with E-state index in [4.69, 9.17) is 5.11 Å². The van der Waals surface area contributed by atoms with Crippen LogP contribution in [0.2, 0.25) is 0 Å². The van der Waals surface area contributed by atoms with Crippen LogP contribution in [0.3, 0.4) is 0 Å². The zero-order valence-electron chi connectivity index (χ0n) is 17.4. The lowest BCUT2D eigenvalue weighted by atomic mass is 10.1. The molecule has 1 atom stereocenters. The number of carbonyl (C=O) groups excluding carboxylic acids is 1. The zero-order chi connectivity index (χ0) is 21.4. The molecule has 0 fully saturated rings. The van der Waals surface area contributed by atoms with Crippen molar-refractivity contribution >= 4 is 24.5 Å². The third-order valence-electron chi connectivity index (χ3n) is 4.71. The third-order valence-corrected chi connectivity index (χ3v) is 5.15. The molecule has 0 saturated carbocycles. The Kier molecular flexibility index (Phi) is 8.76. The minimum atomic E-state index is -0.943. The molecule has 0 spiro atoms. The monoisotopic (exact) mass is 417 g/mol. The Hall–Kier alpha value is -2.28. The van der Waals surface area contributed by atoms with Gasteiger partial charge >= 0.3 is 5.97 Å². The lowest BCUT2D eigenvalue weighted by Crippen LogP contribution is -2.37. The number of amides is 1. The summed E-state index contributed by atoms with van der Waals surface area (Å²) < 4.78 is 1.98. The van der Waals surface area contributed by atoms with Crippen LogP contribution >= 0.6 is 12.6 Å². The molecular weight excluding hydrogens is 386 g/mol. The van der Waals surface area contributed by atoms with Gasteiger partial charge in [0, 0.05) is 31.0 Å². The number of unbranched alkanes of at least 4 members (excludes halogenated alkanes) is 1. The van der Waals surface area contributed by atoms with Crippen molar-refractivity contribution in [2.24, 2.45) is 5.92 Å². The summed E-state index contributed by atoms with van der Waals surface area (Å²) in [5, 5.41) is 12.1. The Labute approximate surface area is 178 Å². The van der Waals surface area contributed by atoms with Gasteiger partial charge < -0.3 is 15.0 Å². The molecule has 1 heterocycles. The van der Waals surface area contributed by atoms with Gasteiger partial charge in [-0.25, -0.2) is 9.78 Å². The number of imidazole rings is 1. The SMILES string of the molecule is CCCCc1nc(C(=O)N[C@@H](CS)CC(C)C)cn1Cc1ccc(C(=O)O)cc1. The van der Waals surface area contributed by atoms with E-state index in [0.29, 0.717) is 23.9 Å². The smallest absolute Gasteiger partial charge is 0.335 e. The minimum Gasteiger partial charge on any atom is -0.478 e. The highest BCUT2D eigenvalue weighted by atomic mass is 32.1. The second-order valence-electron chi connectivity index (χ2n) is 7.76. The van der Waals surface area contributed by atoms with Crippen molar-refractivity contribution in [1.82, 2.24) is 14.9 Å². The van der Waals surface area contributed by atoms with Gasteiger partial charge in [0.2, 0.25) is 0 Å². The Morgan fingerprint density at radius 3 is 2.48 bits per heavy atom. The summed E-state index contributed by atoms with van der Waals surface area (Å²) in [4.78, 5) is 28.3. The lowest BCUT2D eigenvalue weighted by Gasteiger charge is -2.17. The van der Waals surface area contributed by atoms with Crippen LogP contribution in [-0.4, -0.2) is 38.3 Å². The molecule has 0 saturated heterocycles. The first-order valence-electron chi connectivity index (χ1n) is 10.1. The van der Waals surface area contributed by atoms with Crippen molar-refractivity contribution in [3.8, 4) is 0 Å². The van der Waals surface area contributed by atoms with Gasteiger partial charge in [0.05, 0.1) is 5.56 Å². The van der Waals surface area contributed by atoms with E-state index < -0.39 is 5.97 Å². The van der Waals surface area contributed by atoms with Crippen LogP contribution in [0, 0.1) is 5.92 Å². The predicted molar refractivity (Wildman–Crippen MR) is 118 cm³/mol. The third kappa shape index (κ3) is 6.92. The van der Waals surface area contributed by atoms with Gasteiger partial charge in [-0.2, -0.15) is 12.6 Å². The van der Waals surface area contributed by atoms with Crippen molar-refractivity contribution in [1.29, 1.82) is 0 Å². The minimum absolute atomic E-state index is 0.0126. The number of nitrogens with zero attached hydrogens (tertiary/aromatic N) is 2. The summed E-state index contributed by atoms with van der Waals surface area (Å²) in [6.45, 7) is 6.90. The molecule has 0 unspecified atom stereocenters. The quantitative estimate of drug-likeness (QED) is 0.482. The van der Waals surface area contributed by atoms with Gasteiger partial charge in [-0.3, -0.25) is 4.79 Å². The Balaban J connectivity index is 2.19. The second kappa shape index (κ2) is 11.0. The standard InChI is InChI=1S/C22H31N3O3S/c1-4-5-6-20-24-19(21(26)23-18(14-29)11-15(2)3)13-25(20)12-16-7-9-17(10-8-16)22(27)28/h7-10,13,15,18,29H,4-6,11-12,14H2,1-3H3,(H,23,26)(H,27,28)/t18-/m1/s1. The fraction of sp³-hybridized carbons (Fsp3) is 0.500. The lowest BCUT2D eigenvalue weighted by molar-refractivity contribution is 0.0696. The van der Waals surface area contributed by atoms with Gasteiger partial charge in [0.25, 0.3) is 5.91 Å². The van der Waals surface area contributed by atoms with Crippen molar-refractivity contribution in [2.45, 2.75) is 59.0 Å². The van der Waals surface area contributed by atoms with Gasteiger partial charge in [-0.1, -0.05) is 39.3 Å². The van der Waals surface area contributed by atoms with E-state index in [1.54, 1.807) is 30.5 Å². The molecule has 0 aliphatic heterocycles. The van der Waals surface area contributed by atoms with Gasteiger partial charge in [0.1, 0.15) is 11.5 Å². The summed E-state index contributed by atoms with van der Waals surface area (Å²) in [5.41, 5.74) is 1.63. The number of nitrogens with one attached hydrogen (secondary N) is 1. The first-order valence-corrected chi connectivity index (χ1v) is 10.8. The molecule has 1 aromatic heterocycles. The normalized spacial score (nSPS) is 12.2. The first-order chi connectivity index (χ1) is 13.8. The van der Waals surface area contributed by atoms with Gasteiger partial charge in [-0.15, -0.1) is 0 Å². The number of carboxylic acid groups (broad SMARTS) is 1. The first kappa shape index (κ1) is 23.0. The second-order valence-corrected chi connectivity index (χ2v) is 8.12. The molecule has 1 amide bonds.